The lowest BCUT2D eigenvalue weighted by Gasteiger charge is -2.22. The molecule has 0 heterocycles. The summed E-state index contributed by atoms with van der Waals surface area (Å²) in [6.07, 6.45) is 0. The van der Waals surface area contributed by atoms with Crippen molar-refractivity contribution in [3.63, 3.8) is 0 Å². The highest BCUT2D eigenvalue weighted by molar-refractivity contribution is 8.07. The Hall–Kier alpha value is -1.35. The van der Waals surface area contributed by atoms with Gasteiger partial charge in [0.05, 0.1) is 6.61 Å². The molecule has 0 saturated heterocycles. The third-order valence-corrected chi connectivity index (χ3v) is 4.41. The first-order chi connectivity index (χ1) is 9.22. The van der Waals surface area contributed by atoms with Crippen LogP contribution in [0.15, 0.2) is 60.7 Å². The van der Waals surface area contributed by atoms with Crippen LogP contribution in [0.4, 0.5) is 0 Å². The van der Waals surface area contributed by atoms with Crippen LogP contribution in [0.1, 0.15) is 6.92 Å². The second-order valence-corrected chi connectivity index (χ2v) is 6.53. The third-order valence-electron chi connectivity index (χ3n) is 2.21. The largest absolute Gasteiger partial charge is 0.434 e. The molecule has 5 heteroatoms. The van der Waals surface area contributed by atoms with Crippen molar-refractivity contribution in [3.8, 4) is 11.5 Å². The Morgan fingerprint density at radius 2 is 1.26 bits per heavy atom. The topological polar surface area (TPSA) is 27.7 Å². The molecule has 0 aliphatic rings. The van der Waals surface area contributed by atoms with Crippen molar-refractivity contribution in [1.82, 2.24) is 0 Å². The lowest BCUT2D eigenvalue weighted by atomic mass is 10.3. The molecule has 0 spiro atoms. The minimum atomic E-state index is -2.83. The van der Waals surface area contributed by atoms with E-state index < -0.39 is 6.72 Å². The van der Waals surface area contributed by atoms with Crippen LogP contribution in [0.3, 0.4) is 0 Å². The van der Waals surface area contributed by atoms with Crippen LogP contribution in [0.5, 0.6) is 11.5 Å². The Labute approximate surface area is 118 Å². The van der Waals surface area contributed by atoms with Gasteiger partial charge in [0.15, 0.2) is 0 Å². The molecule has 100 valence electrons. The van der Waals surface area contributed by atoms with E-state index >= 15 is 0 Å². The van der Waals surface area contributed by atoms with E-state index in [9.17, 15) is 0 Å². The average Bonchev–Trinajstić information content (AvgIpc) is 2.41. The van der Waals surface area contributed by atoms with Gasteiger partial charge in [-0.15, -0.1) is 0 Å². The van der Waals surface area contributed by atoms with Gasteiger partial charge in [0.25, 0.3) is 0 Å². The van der Waals surface area contributed by atoms with E-state index in [4.69, 9.17) is 25.4 Å². The van der Waals surface area contributed by atoms with Gasteiger partial charge in [-0.1, -0.05) is 36.4 Å². The molecular weight excluding hydrogens is 279 g/mol. The molecule has 0 atom stereocenters. The summed E-state index contributed by atoms with van der Waals surface area (Å²) in [6, 6.07) is 18.6. The highest BCUT2D eigenvalue weighted by Gasteiger charge is 2.23. The molecule has 0 N–H and O–H groups in total. The molecule has 0 aliphatic carbocycles. The van der Waals surface area contributed by atoms with Crippen molar-refractivity contribution in [2.45, 2.75) is 6.92 Å². The molecule has 2 rings (SSSR count). The van der Waals surface area contributed by atoms with Crippen LogP contribution in [0.25, 0.3) is 0 Å². The molecule has 2 aromatic rings. The number of benzene rings is 2. The molecule has 0 aliphatic heterocycles. The highest BCUT2D eigenvalue weighted by Crippen LogP contribution is 2.49. The Morgan fingerprint density at radius 3 is 1.63 bits per heavy atom. The van der Waals surface area contributed by atoms with E-state index in [-0.39, 0.29) is 0 Å². The zero-order valence-corrected chi connectivity index (χ0v) is 12.3. The summed E-state index contributed by atoms with van der Waals surface area (Å²) >= 11 is 5.41. The maximum absolute atomic E-state index is 5.73. The monoisotopic (exact) mass is 294 g/mol. The SMILES string of the molecule is CCOP(=S)(Oc1ccccc1)Oc1ccccc1. The van der Waals surface area contributed by atoms with Crippen LogP contribution >= 0.6 is 6.72 Å². The number of hydrogen-bond acceptors (Lipinski definition) is 4. The smallest absolute Gasteiger partial charge is 0.416 e. The summed E-state index contributed by atoms with van der Waals surface area (Å²) in [7, 11) is 0. The second-order valence-electron chi connectivity index (χ2n) is 3.67. The summed E-state index contributed by atoms with van der Waals surface area (Å²) in [5, 5.41) is 0. The fourth-order valence-corrected chi connectivity index (χ4v) is 3.50. The predicted octanol–water partition coefficient (Wildman–Crippen LogP) is 4.41. The van der Waals surface area contributed by atoms with Gasteiger partial charge in [0.2, 0.25) is 0 Å². The Kier molecular flexibility index (Phi) is 4.97. The van der Waals surface area contributed by atoms with Gasteiger partial charge >= 0.3 is 6.72 Å². The molecule has 0 aromatic heterocycles. The molecule has 3 nitrogen and oxygen atoms in total. The summed E-state index contributed by atoms with van der Waals surface area (Å²) in [5.41, 5.74) is 0. The molecule has 0 amide bonds. The zero-order valence-electron chi connectivity index (χ0n) is 10.6. The van der Waals surface area contributed by atoms with Crippen molar-refractivity contribution in [2.75, 3.05) is 6.61 Å². The minimum absolute atomic E-state index is 0.441. The Balaban J connectivity index is 2.16. The summed E-state index contributed by atoms with van der Waals surface area (Å²) < 4.78 is 17.0. The first-order valence-electron chi connectivity index (χ1n) is 5.96. The van der Waals surface area contributed by atoms with Gasteiger partial charge in [-0.25, -0.2) is 0 Å². The number of rotatable bonds is 6. The fourth-order valence-electron chi connectivity index (χ4n) is 1.45. The zero-order chi connectivity index (χ0) is 13.6. The molecular formula is C14H15O3PS. The van der Waals surface area contributed by atoms with E-state index in [2.05, 4.69) is 0 Å². The van der Waals surface area contributed by atoms with Gasteiger partial charge in [-0.2, -0.15) is 0 Å². The quantitative estimate of drug-likeness (QED) is 0.738. The van der Waals surface area contributed by atoms with Gasteiger partial charge < -0.3 is 9.05 Å². The van der Waals surface area contributed by atoms with Crippen LogP contribution < -0.4 is 9.05 Å². The van der Waals surface area contributed by atoms with Crippen molar-refractivity contribution >= 4 is 18.5 Å². The first-order valence-corrected chi connectivity index (χ1v) is 8.51. The van der Waals surface area contributed by atoms with Gasteiger partial charge in [-0.05, 0) is 31.2 Å². The lowest BCUT2D eigenvalue weighted by Crippen LogP contribution is -2.04. The van der Waals surface area contributed by atoms with Crippen molar-refractivity contribution in [3.05, 3.63) is 60.7 Å². The van der Waals surface area contributed by atoms with Gasteiger partial charge in [0.1, 0.15) is 11.5 Å². The minimum Gasteiger partial charge on any atom is -0.416 e. The number of hydrogen-bond donors (Lipinski definition) is 0. The van der Waals surface area contributed by atoms with Crippen LogP contribution in [0, 0.1) is 0 Å². The summed E-state index contributed by atoms with van der Waals surface area (Å²) in [4.78, 5) is 0. The maximum Gasteiger partial charge on any atom is 0.434 e. The van der Waals surface area contributed by atoms with Crippen molar-refractivity contribution in [2.24, 2.45) is 0 Å². The first kappa shape index (κ1) is 14.1. The van der Waals surface area contributed by atoms with E-state index in [1.807, 2.05) is 67.6 Å². The lowest BCUT2D eigenvalue weighted by molar-refractivity contribution is 0.276. The van der Waals surface area contributed by atoms with E-state index in [1.165, 1.54) is 0 Å². The van der Waals surface area contributed by atoms with E-state index in [1.54, 1.807) is 0 Å². The highest BCUT2D eigenvalue weighted by atomic mass is 32.5. The molecule has 0 fully saturated rings. The van der Waals surface area contributed by atoms with Gasteiger partial charge in [-0.3, -0.25) is 4.52 Å². The summed E-state index contributed by atoms with van der Waals surface area (Å²) in [5.74, 6) is 1.30. The van der Waals surface area contributed by atoms with Gasteiger partial charge in [0, 0.05) is 11.8 Å². The van der Waals surface area contributed by atoms with E-state index in [0.717, 1.165) is 0 Å². The predicted molar refractivity (Wildman–Crippen MR) is 80.1 cm³/mol. The Morgan fingerprint density at radius 1 is 0.842 bits per heavy atom. The standard InChI is InChI=1S/C14H15O3PS/c1-2-15-18(19,16-13-9-5-3-6-10-13)17-14-11-7-4-8-12-14/h3-12H,2H2,1H3. The van der Waals surface area contributed by atoms with Crippen molar-refractivity contribution < 1.29 is 13.6 Å². The van der Waals surface area contributed by atoms with E-state index in [0.29, 0.717) is 18.1 Å². The molecule has 2 aromatic carbocycles. The summed E-state index contributed by atoms with van der Waals surface area (Å²) in [6.45, 7) is -0.524. The maximum atomic E-state index is 5.73. The van der Waals surface area contributed by atoms with Crippen LogP contribution in [-0.4, -0.2) is 6.61 Å². The molecule has 0 saturated carbocycles. The molecule has 19 heavy (non-hydrogen) atoms. The molecule has 0 radical (unpaired) electrons. The average molecular weight is 294 g/mol. The Bertz CT molecular complexity index is 500. The van der Waals surface area contributed by atoms with Crippen molar-refractivity contribution in [1.29, 1.82) is 0 Å². The fraction of sp³-hybridized carbons (Fsp3) is 0.143. The normalized spacial score (nSPS) is 11.0. The third kappa shape index (κ3) is 4.35. The number of para-hydroxylation sites is 2. The molecule has 0 bridgehead atoms. The van der Waals surface area contributed by atoms with Crippen LogP contribution in [0.2, 0.25) is 0 Å². The van der Waals surface area contributed by atoms with Crippen LogP contribution in [-0.2, 0) is 16.3 Å². The second kappa shape index (κ2) is 6.71. The molecule has 0 unspecified atom stereocenters.